The Morgan fingerprint density at radius 2 is 2.31 bits per heavy atom. The van der Waals surface area contributed by atoms with Crippen LogP contribution in [0.2, 0.25) is 0 Å². The van der Waals surface area contributed by atoms with Gasteiger partial charge in [0.15, 0.2) is 0 Å². The molecule has 0 radical (unpaired) electrons. The minimum absolute atomic E-state index is 0.615. The molecule has 1 aromatic heterocycles. The lowest BCUT2D eigenvalue weighted by atomic mass is 10.2. The number of aromatic nitrogens is 1. The molecule has 2 rings (SSSR count). The van der Waals surface area contributed by atoms with E-state index in [1.807, 2.05) is 31.3 Å². The van der Waals surface area contributed by atoms with E-state index in [0.717, 1.165) is 17.0 Å². The van der Waals surface area contributed by atoms with Crippen LogP contribution in [-0.4, -0.2) is 19.1 Å². The van der Waals surface area contributed by atoms with E-state index in [1.54, 1.807) is 13.4 Å². The highest BCUT2D eigenvalue weighted by Crippen LogP contribution is 2.22. The maximum Gasteiger partial charge on any atom is 0.226 e. The third-order valence-corrected chi connectivity index (χ3v) is 2.23. The molecule has 0 saturated carbocycles. The maximum atomic E-state index is 5.40. The Morgan fingerprint density at radius 1 is 1.44 bits per heavy atom. The van der Waals surface area contributed by atoms with E-state index in [1.165, 1.54) is 0 Å². The molecule has 1 aromatic carbocycles. The van der Waals surface area contributed by atoms with Crippen molar-refractivity contribution in [2.24, 2.45) is 0 Å². The molecule has 2 aromatic rings. The van der Waals surface area contributed by atoms with Crippen molar-refractivity contribution in [3.63, 3.8) is 0 Å². The first kappa shape index (κ1) is 10.7. The molecule has 0 spiro atoms. The Bertz CT molecular complexity index is 466. The Kier molecular flexibility index (Phi) is 3.22. The average Bonchev–Trinajstić information content (AvgIpc) is 2.78. The fourth-order valence-corrected chi connectivity index (χ4v) is 1.46. The van der Waals surface area contributed by atoms with Gasteiger partial charge in [-0.25, -0.2) is 4.98 Å². The van der Waals surface area contributed by atoms with Crippen LogP contribution in [0.15, 0.2) is 34.9 Å². The van der Waals surface area contributed by atoms with Crippen molar-refractivity contribution in [2.45, 2.75) is 6.54 Å². The first-order valence-corrected chi connectivity index (χ1v) is 5.07. The van der Waals surface area contributed by atoms with E-state index in [2.05, 4.69) is 10.3 Å². The normalized spacial score (nSPS) is 10.4. The van der Waals surface area contributed by atoms with Crippen molar-refractivity contribution >= 4 is 0 Å². The minimum Gasteiger partial charge on any atom is -0.497 e. The van der Waals surface area contributed by atoms with Crippen LogP contribution in [0, 0.1) is 0 Å². The quantitative estimate of drug-likeness (QED) is 0.853. The number of rotatable bonds is 4. The van der Waals surface area contributed by atoms with E-state index in [9.17, 15) is 0 Å². The highest BCUT2D eigenvalue weighted by molar-refractivity contribution is 5.55. The summed E-state index contributed by atoms with van der Waals surface area (Å²) >= 11 is 0. The highest BCUT2D eigenvalue weighted by atomic mass is 16.5. The summed E-state index contributed by atoms with van der Waals surface area (Å²) in [6, 6.07) is 7.64. The number of benzene rings is 1. The van der Waals surface area contributed by atoms with Gasteiger partial charge in [-0.2, -0.15) is 0 Å². The predicted molar refractivity (Wildman–Crippen MR) is 61.3 cm³/mol. The van der Waals surface area contributed by atoms with Crippen LogP contribution in [0.4, 0.5) is 0 Å². The van der Waals surface area contributed by atoms with E-state index < -0.39 is 0 Å². The fraction of sp³-hybridized carbons (Fsp3) is 0.250. The molecule has 0 aliphatic heterocycles. The molecule has 0 aliphatic carbocycles. The van der Waals surface area contributed by atoms with Crippen LogP contribution in [-0.2, 0) is 6.54 Å². The van der Waals surface area contributed by atoms with Gasteiger partial charge in [-0.1, -0.05) is 6.07 Å². The molecule has 0 saturated heterocycles. The zero-order valence-electron chi connectivity index (χ0n) is 9.36. The predicted octanol–water partition coefficient (Wildman–Crippen LogP) is 2.07. The average molecular weight is 218 g/mol. The lowest BCUT2D eigenvalue weighted by Gasteiger charge is -2.00. The number of methoxy groups -OCH3 is 1. The molecule has 0 atom stereocenters. The van der Waals surface area contributed by atoms with Crippen LogP contribution in [0.1, 0.15) is 5.69 Å². The number of nitrogens with zero attached hydrogens (tertiary/aromatic N) is 1. The lowest BCUT2D eigenvalue weighted by Crippen LogP contribution is -2.04. The van der Waals surface area contributed by atoms with Gasteiger partial charge in [-0.15, -0.1) is 0 Å². The molecule has 16 heavy (non-hydrogen) atoms. The van der Waals surface area contributed by atoms with E-state index in [0.29, 0.717) is 12.4 Å². The first-order valence-electron chi connectivity index (χ1n) is 5.07. The fourth-order valence-electron chi connectivity index (χ4n) is 1.46. The van der Waals surface area contributed by atoms with Crippen LogP contribution in [0.5, 0.6) is 5.75 Å². The van der Waals surface area contributed by atoms with Gasteiger partial charge in [0.05, 0.1) is 12.8 Å². The van der Waals surface area contributed by atoms with Gasteiger partial charge in [-0.05, 0) is 25.2 Å². The summed E-state index contributed by atoms with van der Waals surface area (Å²) in [6.07, 6.45) is 1.66. The van der Waals surface area contributed by atoms with E-state index in [-0.39, 0.29) is 0 Å². The standard InChI is InChI=1S/C12H14N2O2/c1-13-7-10-8-16-12(14-10)9-4-3-5-11(6-9)15-2/h3-6,8,13H,7H2,1-2H3. The second-order valence-corrected chi connectivity index (χ2v) is 3.41. The maximum absolute atomic E-state index is 5.40. The Labute approximate surface area is 94.3 Å². The number of oxazole rings is 1. The number of hydrogen-bond acceptors (Lipinski definition) is 4. The van der Waals surface area contributed by atoms with Crippen molar-refractivity contribution in [2.75, 3.05) is 14.2 Å². The number of hydrogen-bond donors (Lipinski definition) is 1. The van der Waals surface area contributed by atoms with Gasteiger partial charge in [0.2, 0.25) is 5.89 Å². The van der Waals surface area contributed by atoms with E-state index in [4.69, 9.17) is 9.15 Å². The van der Waals surface area contributed by atoms with Gasteiger partial charge >= 0.3 is 0 Å². The summed E-state index contributed by atoms with van der Waals surface area (Å²) in [5, 5.41) is 3.02. The molecule has 0 bridgehead atoms. The molecular formula is C12H14N2O2. The van der Waals surface area contributed by atoms with Crippen LogP contribution >= 0.6 is 0 Å². The summed E-state index contributed by atoms with van der Waals surface area (Å²) in [6.45, 7) is 0.702. The van der Waals surface area contributed by atoms with Crippen molar-refractivity contribution < 1.29 is 9.15 Å². The first-order chi connectivity index (χ1) is 7.83. The monoisotopic (exact) mass is 218 g/mol. The largest absolute Gasteiger partial charge is 0.497 e. The van der Waals surface area contributed by atoms with E-state index >= 15 is 0 Å². The van der Waals surface area contributed by atoms with Gasteiger partial charge < -0.3 is 14.5 Å². The zero-order valence-corrected chi connectivity index (χ0v) is 9.36. The lowest BCUT2D eigenvalue weighted by molar-refractivity contribution is 0.414. The second-order valence-electron chi connectivity index (χ2n) is 3.41. The van der Waals surface area contributed by atoms with Crippen molar-refractivity contribution in [3.05, 3.63) is 36.2 Å². The van der Waals surface area contributed by atoms with Crippen LogP contribution < -0.4 is 10.1 Å². The molecule has 84 valence electrons. The summed E-state index contributed by atoms with van der Waals surface area (Å²) in [5.74, 6) is 1.41. The summed E-state index contributed by atoms with van der Waals surface area (Å²) in [7, 11) is 3.51. The molecule has 1 heterocycles. The Hall–Kier alpha value is -1.81. The number of ether oxygens (including phenoxy) is 1. The van der Waals surface area contributed by atoms with Crippen LogP contribution in [0.25, 0.3) is 11.5 Å². The Morgan fingerprint density at radius 3 is 3.06 bits per heavy atom. The topological polar surface area (TPSA) is 47.3 Å². The third kappa shape index (κ3) is 2.23. The molecule has 4 nitrogen and oxygen atoms in total. The third-order valence-electron chi connectivity index (χ3n) is 2.23. The summed E-state index contributed by atoms with van der Waals surface area (Å²) in [5.41, 5.74) is 1.81. The summed E-state index contributed by atoms with van der Waals surface area (Å²) < 4.78 is 10.5. The molecule has 0 amide bonds. The molecule has 0 unspecified atom stereocenters. The number of nitrogens with one attached hydrogen (secondary N) is 1. The highest BCUT2D eigenvalue weighted by Gasteiger charge is 2.06. The smallest absolute Gasteiger partial charge is 0.226 e. The van der Waals surface area contributed by atoms with Gasteiger partial charge in [-0.3, -0.25) is 0 Å². The molecule has 1 N–H and O–H groups in total. The van der Waals surface area contributed by atoms with Crippen molar-refractivity contribution in [1.82, 2.24) is 10.3 Å². The Balaban J connectivity index is 2.27. The SMILES string of the molecule is CNCc1coc(-c2cccc(OC)c2)n1. The van der Waals surface area contributed by atoms with Crippen molar-refractivity contribution in [3.8, 4) is 17.2 Å². The molecule has 4 heteroatoms. The van der Waals surface area contributed by atoms with Gasteiger partial charge in [0.1, 0.15) is 12.0 Å². The minimum atomic E-state index is 0.615. The van der Waals surface area contributed by atoms with Crippen molar-refractivity contribution in [1.29, 1.82) is 0 Å². The molecule has 0 aliphatic rings. The second kappa shape index (κ2) is 4.81. The van der Waals surface area contributed by atoms with Gasteiger partial charge in [0, 0.05) is 12.1 Å². The summed E-state index contributed by atoms with van der Waals surface area (Å²) in [4.78, 5) is 4.36. The molecular weight excluding hydrogens is 204 g/mol. The van der Waals surface area contributed by atoms with Crippen LogP contribution in [0.3, 0.4) is 0 Å². The zero-order chi connectivity index (χ0) is 11.4. The molecule has 0 fully saturated rings. The van der Waals surface area contributed by atoms with Gasteiger partial charge in [0.25, 0.3) is 0 Å².